The summed E-state index contributed by atoms with van der Waals surface area (Å²) in [6, 6.07) is 4.45. The summed E-state index contributed by atoms with van der Waals surface area (Å²) < 4.78 is 27.7. The molecule has 0 radical (unpaired) electrons. The van der Waals surface area contributed by atoms with Crippen LogP contribution in [-0.4, -0.2) is 103 Å². The molecule has 4 aromatic rings. The number of pyridine rings is 2. The van der Waals surface area contributed by atoms with Crippen LogP contribution in [0.3, 0.4) is 0 Å². The summed E-state index contributed by atoms with van der Waals surface area (Å²) in [6.07, 6.45) is -1.05. The second kappa shape index (κ2) is 20.4. The van der Waals surface area contributed by atoms with Crippen molar-refractivity contribution in [3.05, 3.63) is 91.5 Å². The smallest absolute Gasteiger partial charge is 0.407 e. The highest BCUT2D eigenvalue weighted by molar-refractivity contribution is 7.81. The number of esters is 1. The fraction of sp³-hybridized carbons (Fsp3) is 0.408. The molecule has 0 bridgehead atoms. The van der Waals surface area contributed by atoms with E-state index in [1.165, 1.54) is 36.6 Å². The van der Waals surface area contributed by atoms with Crippen LogP contribution in [0.5, 0.6) is 0 Å². The number of nitrogens with zero attached hydrogens (tertiary/aromatic N) is 3. The molecule has 1 aliphatic carbocycles. The van der Waals surface area contributed by atoms with Crippen LogP contribution in [0.15, 0.2) is 41.2 Å². The minimum absolute atomic E-state index is 0.0463. The maximum atomic E-state index is 15.4. The minimum atomic E-state index is -2.06. The van der Waals surface area contributed by atoms with E-state index in [2.05, 4.69) is 39.2 Å². The zero-order valence-electron chi connectivity index (χ0n) is 40.0. The van der Waals surface area contributed by atoms with E-state index in [-0.39, 0.29) is 62.4 Å². The lowest BCUT2D eigenvalue weighted by Gasteiger charge is -2.31. The fourth-order valence-electron chi connectivity index (χ4n) is 9.55. The van der Waals surface area contributed by atoms with Crippen molar-refractivity contribution in [2.24, 2.45) is 5.73 Å². The van der Waals surface area contributed by atoms with Gasteiger partial charge in [-0.15, -0.1) is 0 Å². The van der Waals surface area contributed by atoms with Gasteiger partial charge in [0.2, 0.25) is 41.4 Å². The average molecular weight is 1030 g/mol. The van der Waals surface area contributed by atoms with Crippen LogP contribution >= 0.6 is 12.6 Å². The van der Waals surface area contributed by atoms with E-state index in [9.17, 15) is 53.1 Å². The molecule has 5 heterocycles. The molecule has 3 aliphatic heterocycles. The second-order valence-electron chi connectivity index (χ2n) is 18.4. The number of nitrogens with two attached hydrogens (primary N) is 1. The number of cyclic esters (lactones) is 1. The van der Waals surface area contributed by atoms with E-state index in [1.54, 1.807) is 32.0 Å². The zero-order chi connectivity index (χ0) is 52.8. The number of fused-ring (bicyclic) bond motifs is 5. The number of anilines is 1. The molecule has 0 saturated carbocycles. The standard InChI is InChI=1S/C49H52FN9O13S/c1-5-49(70)29-14-34-41-27(18-59(34)45(66)28(29)20-71-47(49)68)40-31(11-10-26-21(2)30(50)15-32(55-41)39(26)40)57-48(69)72-19-24-6-8-25(9-7-24)54-44(65)33(16-36(51)60)56-43(64)23(4)53-42(63)22(3)52-37(61)12-13-58-38(62)17-35(73)46(58)67/h6-9,14-15,22-23,31,33,35,70,73H,5,10-13,16-20H2,1-4H3,(H2,51,60)(H,52,61)(H,53,63)(H,54,65)(H,56,64)(H,57,69)/t22-,23-,31-,33-,35?,49-/m0/s1. The number of alkyl carbamates (subject to hydrolysis) is 1. The maximum Gasteiger partial charge on any atom is 0.407 e. The lowest BCUT2D eigenvalue weighted by atomic mass is 9.81. The van der Waals surface area contributed by atoms with Gasteiger partial charge in [-0.1, -0.05) is 19.1 Å². The highest BCUT2D eigenvalue weighted by Gasteiger charge is 2.46. The number of hydrogen-bond acceptors (Lipinski definition) is 15. The first-order valence-corrected chi connectivity index (χ1v) is 24.0. The molecule has 8 amide bonds. The fourth-order valence-corrected chi connectivity index (χ4v) is 9.85. The summed E-state index contributed by atoms with van der Waals surface area (Å²) in [7, 11) is 0. The number of aryl methyl sites for hydroxylation is 1. The molecule has 22 nitrogen and oxygen atoms in total. The Labute approximate surface area is 420 Å². The third-order valence-corrected chi connectivity index (χ3v) is 14.0. The summed E-state index contributed by atoms with van der Waals surface area (Å²) >= 11 is 4.04. The number of nitrogens with one attached hydrogen (secondary N) is 5. The largest absolute Gasteiger partial charge is 0.458 e. The normalized spacial score (nSPS) is 19.7. The Hall–Kier alpha value is -7.73. The van der Waals surface area contributed by atoms with Crippen molar-refractivity contribution in [1.82, 2.24) is 35.7 Å². The third-order valence-electron chi connectivity index (χ3n) is 13.6. The number of ether oxygens (including phenoxy) is 2. The molecule has 384 valence electrons. The van der Waals surface area contributed by atoms with Crippen molar-refractivity contribution in [2.75, 3.05) is 11.9 Å². The first kappa shape index (κ1) is 51.6. The number of carbonyl (C=O) groups excluding carboxylic acids is 9. The van der Waals surface area contributed by atoms with Crippen LogP contribution < -0.4 is 37.9 Å². The molecule has 4 aliphatic rings. The monoisotopic (exact) mass is 1030 g/mol. The highest BCUT2D eigenvalue weighted by atomic mass is 32.1. The Morgan fingerprint density at radius 1 is 0.986 bits per heavy atom. The van der Waals surface area contributed by atoms with Gasteiger partial charge >= 0.3 is 12.1 Å². The van der Waals surface area contributed by atoms with Crippen LogP contribution in [0.1, 0.15) is 97.9 Å². The molecule has 1 fully saturated rings. The Balaban J connectivity index is 0.880. The van der Waals surface area contributed by atoms with Crippen LogP contribution in [0.25, 0.3) is 22.3 Å². The van der Waals surface area contributed by atoms with Gasteiger partial charge in [0, 0.05) is 47.7 Å². The van der Waals surface area contributed by atoms with E-state index in [4.69, 9.17) is 20.2 Å². The lowest BCUT2D eigenvalue weighted by Crippen LogP contribution is -2.55. The molecule has 6 atom stereocenters. The Morgan fingerprint density at radius 2 is 1.68 bits per heavy atom. The number of aliphatic hydroxyl groups is 1. The van der Waals surface area contributed by atoms with Gasteiger partial charge in [0.05, 0.1) is 46.7 Å². The quantitative estimate of drug-likeness (QED) is 0.0392. The van der Waals surface area contributed by atoms with Crippen LogP contribution in [0, 0.1) is 12.7 Å². The molecule has 1 saturated heterocycles. The third kappa shape index (κ3) is 10.1. The molecule has 8 N–H and O–H groups in total. The van der Waals surface area contributed by atoms with E-state index < -0.39 is 106 Å². The molecule has 8 rings (SSSR count). The van der Waals surface area contributed by atoms with E-state index in [0.29, 0.717) is 57.4 Å². The van der Waals surface area contributed by atoms with Crippen molar-refractivity contribution >= 4 is 82.6 Å². The van der Waals surface area contributed by atoms with Gasteiger partial charge in [-0.3, -0.25) is 43.3 Å². The number of primary amides is 1. The number of imide groups is 1. The second-order valence-corrected chi connectivity index (χ2v) is 19.0. The van der Waals surface area contributed by atoms with Crippen LogP contribution in [-0.2, 0) is 79.6 Å². The summed E-state index contributed by atoms with van der Waals surface area (Å²) in [5.41, 5.74) is 7.24. The lowest BCUT2D eigenvalue weighted by molar-refractivity contribution is -0.172. The van der Waals surface area contributed by atoms with Crippen LogP contribution in [0.2, 0.25) is 0 Å². The molecule has 2 aromatic carbocycles. The molecule has 1 unspecified atom stereocenters. The number of benzene rings is 2. The minimum Gasteiger partial charge on any atom is -0.458 e. The van der Waals surface area contributed by atoms with Crippen molar-refractivity contribution in [3.63, 3.8) is 0 Å². The van der Waals surface area contributed by atoms with Crippen LogP contribution in [0.4, 0.5) is 14.9 Å². The average Bonchev–Trinajstić information content (AvgIpc) is 3.84. The number of carbonyl (C=O) groups is 9. The number of halogens is 1. The van der Waals surface area contributed by atoms with Crippen molar-refractivity contribution in [3.8, 4) is 11.4 Å². The Kier molecular flexibility index (Phi) is 14.4. The first-order chi connectivity index (χ1) is 34.6. The Morgan fingerprint density at radius 3 is 2.36 bits per heavy atom. The predicted molar refractivity (Wildman–Crippen MR) is 258 cm³/mol. The van der Waals surface area contributed by atoms with Gasteiger partial charge in [0.25, 0.3) is 5.56 Å². The number of rotatable bonds is 16. The first-order valence-electron chi connectivity index (χ1n) is 23.4. The molecular weight excluding hydrogens is 974 g/mol. The number of aromatic nitrogens is 2. The van der Waals surface area contributed by atoms with E-state index in [1.807, 2.05) is 0 Å². The number of amides is 8. The van der Waals surface area contributed by atoms with Gasteiger partial charge in [0.15, 0.2) is 5.60 Å². The summed E-state index contributed by atoms with van der Waals surface area (Å²) in [5, 5.41) is 24.0. The van der Waals surface area contributed by atoms with Gasteiger partial charge in [-0.2, -0.15) is 12.6 Å². The highest BCUT2D eigenvalue weighted by Crippen LogP contribution is 2.46. The maximum absolute atomic E-state index is 15.4. The van der Waals surface area contributed by atoms with E-state index in [0.717, 1.165) is 10.5 Å². The molecule has 73 heavy (non-hydrogen) atoms. The number of thiol groups is 1. The predicted octanol–water partition coefficient (Wildman–Crippen LogP) is 1.20. The summed E-state index contributed by atoms with van der Waals surface area (Å²) in [4.78, 5) is 134. The Bertz CT molecular complexity index is 3110. The van der Waals surface area contributed by atoms with Gasteiger partial charge in [0.1, 0.15) is 37.2 Å². The SMILES string of the molecule is CC[C@@]1(O)C(=O)OCc2c1cc1n(c2=O)Cc2c-1nc1cc(F)c(C)c3c1c2[C@@H](NC(=O)OCc1ccc(NC(=O)[C@H](CC(N)=O)NC(=O)[C@H](C)NC(=O)[C@H](C)NC(=O)CCN2C(=O)CC(S)C2=O)cc1)CC3. The zero-order valence-corrected chi connectivity index (χ0v) is 40.9. The van der Waals surface area contributed by atoms with Crippen molar-refractivity contribution < 1.29 is 62.1 Å². The van der Waals surface area contributed by atoms with Crippen molar-refractivity contribution in [1.29, 1.82) is 0 Å². The topological polar surface area (TPSA) is 317 Å². The summed E-state index contributed by atoms with van der Waals surface area (Å²) in [6.45, 7) is 5.25. The van der Waals surface area contributed by atoms with Gasteiger partial charge < -0.3 is 51.5 Å². The number of hydrogen-bond donors (Lipinski definition) is 8. The summed E-state index contributed by atoms with van der Waals surface area (Å²) in [5.74, 6) is -6.31. The molecular formula is C49H52FN9O13S. The molecule has 0 spiro atoms. The van der Waals surface area contributed by atoms with E-state index >= 15 is 4.39 Å². The molecule has 24 heteroatoms. The number of likely N-dealkylation sites (tertiary alicyclic amines) is 1. The van der Waals surface area contributed by atoms with Crippen molar-refractivity contribution in [2.45, 2.75) is 121 Å². The van der Waals surface area contributed by atoms with Gasteiger partial charge in [-0.05, 0) is 80.5 Å². The van der Waals surface area contributed by atoms with Gasteiger partial charge in [-0.25, -0.2) is 19.0 Å². The molecule has 2 aromatic heterocycles.